The molecule has 0 aromatic heterocycles. The molecule has 2 aromatic rings. The highest BCUT2D eigenvalue weighted by Crippen LogP contribution is 2.15. The minimum Gasteiger partial charge on any atom is -0.331 e. The molecule has 0 saturated carbocycles. The summed E-state index contributed by atoms with van der Waals surface area (Å²) in [4.78, 5) is 10.3. The van der Waals surface area contributed by atoms with Crippen LogP contribution in [-0.4, -0.2) is 16.3 Å². The van der Waals surface area contributed by atoms with Gasteiger partial charge in [-0.05, 0) is 37.7 Å². The van der Waals surface area contributed by atoms with Gasteiger partial charge in [-0.1, -0.05) is 29.8 Å². The maximum Gasteiger partial charge on any atom is 0.270 e. The van der Waals surface area contributed by atoms with Crippen LogP contribution in [0.5, 0.6) is 0 Å². The average molecular weight is 328 g/mol. The van der Waals surface area contributed by atoms with Crippen LogP contribution in [0.2, 0.25) is 0 Å². The molecule has 6 nitrogen and oxygen atoms in total. The smallest absolute Gasteiger partial charge is 0.270 e. The Morgan fingerprint density at radius 1 is 1.26 bits per heavy atom. The molecule has 0 bridgehead atoms. The van der Waals surface area contributed by atoms with Gasteiger partial charge in [0.1, 0.15) is 0 Å². The molecule has 0 saturated heterocycles. The topological polar surface area (TPSA) is 79.6 Å². The zero-order valence-electron chi connectivity index (χ0n) is 12.7. The van der Waals surface area contributed by atoms with Crippen LogP contribution < -0.4 is 10.7 Å². The van der Waals surface area contributed by atoms with Crippen LogP contribution in [0.25, 0.3) is 0 Å². The highest BCUT2D eigenvalue weighted by Gasteiger charge is 2.04. The van der Waals surface area contributed by atoms with Gasteiger partial charge in [0.2, 0.25) is 0 Å². The quantitative estimate of drug-likeness (QED) is 0.388. The lowest BCUT2D eigenvalue weighted by Gasteiger charge is -2.10. The summed E-state index contributed by atoms with van der Waals surface area (Å²) >= 11 is 5.17. The first kappa shape index (κ1) is 16.6. The third-order valence-electron chi connectivity index (χ3n) is 3.09. The Kier molecular flexibility index (Phi) is 5.37. The minimum absolute atomic E-state index is 0.0185. The zero-order chi connectivity index (χ0) is 16.8. The van der Waals surface area contributed by atoms with E-state index in [1.807, 2.05) is 26.0 Å². The van der Waals surface area contributed by atoms with Crippen molar-refractivity contribution in [3.63, 3.8) is 0 Å². The van der Waals surface area contributed by atoms with Gasteiger partial charge in [-0.3, -0.25) is 15.5 Å². The molecule has 0 unspecified atom stereocenters. The summed E-state index contributed by atoms with van der Waals surface area (Å²) in [5, 5.41) is 18.1. The number of nitro benzene ring substituents is 1. The standard InChI is InChI=1S/C16H16N4O2S/c1-11-6-7-15(12(2)8-11)18-16(23)19-17-10-13-4-3-5-14(9-13)20(21)22/h3-10H,1-2H3,(H2,18,19,23)/b17-10-. The van der Waals surface area contributed by atoms with Gasteiger partial charge in [0.25, 0.3) is 5.69 Å². The van der Waals surface area contributed by atoms with Crippen molar-refractivity contribution in [2.24, 2.45) is 5.10 Å². The molecule has 0 radical (unpaired) electrons. The number of nitrogens with one attached hydrogen (secondary N) is 2. The van der Waals surface area contributed by atoms with E-state index in [-0.39, 0.29) is 5.69 Å². The van der Waals surface area contributed by atoms with E-state index in [9.17, 15) is 10.1 Å². The molecule has 0 spiro atoms. The van der Waals surface area contributed by atoms with E-state index in [0.29, 0.717) is 10.7 Å². The number of hydrazone groups is 1. The van der Waals surface area contributed by atoms with Gasteiger partial charge < -0.3 is 5.32 Å². The number of non-ortho nitro benzene ring substituents is 1. The normalized spacial score (nSPS) is 10.5. The Morgan fingerprint density at radius 3 is 2.74 bits per heavy atom. The van der Waals surface area contributed by atoms with Gasteiger partial charge >= 0.3 is 0 Å². The lowest BCUT2D eigenvalue weighted by atomic mass is 10.1. The zero-order valence-corrected chi connectivity index (χ0v) is 13.6. The lowest BCUT2D eigenvalue weighted by Crippen LogP contribution is -2.24. The van der Waals surface area contributed by atoms with Gasteiger partial charge in [0.15, 0.2) is 5.11 Å². The second-order valence-corrected chi connectivity index (χ2v) is 5.40. The predicted molar refractivity (Wildman–Crippen MR) is 96.0 cm³/mol. The van der Waals surface area contributed by atoms with Crippen molar-refractivity contribution in [3.8, 4) is 0 Å². The Morgan fingerprint density at radius 2 is 2.04 bits per heavy atom. The van der Waals surface area contributed by atoms with Crippen LogP contribution >= 0.6 is 12.2 Å². The molecule has 2 N–H and O–H groups in total. The van der Waals surface area contributed by atoms with E-state index in [1.54, 1.807) is 12.1 Å². The van der Waals surface area contributed by atoms with E-state index < -0.39 is 4.92 Å². The molecular formula is C16H16N4O2S. The Bertz CT molecular complexity index is 774. The molecule has 0 heterocycles. The first-order valence-electron chi connectivity index (χ1n) is 6.87. The van der Waals surface area contributed by atoms with E-state index in [2.05, 4.69) is 21.9 Å². The maximum atomic E-state index is 10.7. The number of thiocarbonyl (C=S) groups is 1. The van der Waals surface area contributed by atoms with Crippen molar-refractivity contribution >= 4 is 34.9 Å². The molecule has 2 aromatic carbocycles. The SMILES string of the molecule is Cc1ccc(NC(=S)N/N=C\c2cccc([N+](=O)[O-])c2)c(C)c1. The van der Waals surface area contributed by atoms with E-state index in [0.717, 1.165) is 11.3 Å². The number of rotatable bonds is 4. The van der Waals surface area contributed by atoms with Crippen LogP contribution in [0, 0.1) is 24.0 Å². The van der Waals surface area contributed by atoms with Crippen molar-refractivity contribution in [2.75, 3.05) is 5.32 Å². The Balaban J connectivity index is 1.96. The summed E-state index contributed by atoms with van der Waals surface area (Å²) in [6.07, 6.45) is 1.48. The number of nitro groups is 1. The Labute approximate surface area is 139 Å². The fourth-order valence-corrected chi connectivity index (χ4v) is 2.15. The first-order chi connectivity index (χ1) is 11.0. The van der Waals surface area contributed by atoms with Crippen molar-refractivity contribution in [1.29, 1.82) is 0 Å². The fraction of sp³-hybridized carbons (Fsp3) is 0.125. The van der Waals surface area contributed by atoms with Crippen molar-refractivity contribution < 1.29 is 4.92 Å². The van der Waals surface area contributed by atoms with Gasteiger partial charge in [0, 0.05) is 23.4 Å². The van der Waals surface area contributed by atoms with Gasteiger partial charge in [-0.2, -0.15) is 5.10 Å². The third kappa shape index (κ3) is 4.86. The molecule has 7 heteroatoms. The number of aryl methyl sites for hydroxylation is 2. The van der Waals surface area contributed by atoms with Gasteiger partial charge in [-0.15, -0.1) is 0 Å². The highest BCUT2D eigenvalue weighted by atomic mass is 32.1. The third-order valence-corrected chi connectivity index (χ3v) is 3.28. The number of anilines is 1. The number of nitrogens with zero attached hydrogens (tertiary/aromatic N) is 2. The molecule has 0 amide bonds. The summed E-state index contributed by atoms with van der Waals surface area (Å²) in [7, 11) is 0. The predicted octanol–water partition coefficient (Wildman–Crippen LogP) is 3.53. The van der Waals surface area contributed by atoms with E-state index in [1.165, 1.54) is 23.9 Å². The van der Waals surface area contributed by atoms with E-state index >= 15 is 0 Å². The monoisotopic (exact) mass is 328 g/mol. The fourth-order valence-electron chi connectivity index (χ4n) is 1.99. The first-order valence-corrected chi connectivity index (χ1v) is 7.28. The summed E-state index contributed by atoms with van der Waals surface area (Å²) < 4.78 is 0. The van der Waals surface area contributed by atoms with Crippen molar-refractivity contribution in [1.82, 2.24) is 5.43 Å². The number of hydrogen-bond acceptors (Lipinski definition) is 4. The second kappa shape index (κ2) is 7.46. The highest BCUT2D eigenvalue weighted by molar-refractivity contribution is 7.80. The average Bonchev–Trinajstić information content (AvgIpc) is 2.50. The van der Waals surface area contributed by atoms with Crippen LogP contribution in [0.15, 0.2) is 47.6 Å². The van der Waals surface area contributed by atoms with Crippen LogP contribution in [0.1, 0.15) is 16.7 Å². The largest absolute Gasteiger partial charge is 0.331 e. The molecular weight excluding hydrogens is 312 g/mol. The number of hydrogen-bond donors (Lipinski definition) is 2. The summed E-state index contributed by atoms with van der Waals surface area (Å²) in [5.74, 6) is 0. The molecule has 2 rings (SSSR count). The van der Waals surface area contributed by atoms with Gasteiger partial charge in [0.05, 0.1) is 11.1 Å². The summed E-state index contributed by atoms with van der Waals surface area (Å²) in [6, 6.07) is 12.2. The van der Waals surface area contributed by atoms with Gasteiger partial charge in [-0.25, -0.2) is 0 Å². The molecule has 0 fully saturated rings. The molecule has 0 atom stereocenters. The second-order valence-electron chi connectivity index (χ2n) is 4.99. The van der Waals surface area contributed by atoms with E-state index in [4.69, 9.17) is 12.2 Å². The summed E-state index contributed by atoms with van der Waals surface area (Å²) in [5.41, 5.74) is 6.48. The van der Waals surface area contributed by atoms with Crippen LogP contribution in [0.4, 0.5) is 11.4 Å². The number of benzene rings is 2. The van der Waals surface area contributed by atoms with Crippen molar-refractivity contribution in [2.45, 2.75) is 13.8 Å². The maximum absolute atomic E-state index is 10.7. The van der Waals surface area contributed by atoms with Crippen LogP contribution in [-0.2, 0) is 0 Å². The molecule has 0 aliphatic rings. The molecule has 23 heavy (non-hydrogen) atoms. The molecule has 0 aliphatic carbocycles. The Hall–Kier alpha value is -2.80. The van der Waals surface area contributed by atoms with Crippen molar-refractivity contribution in [3.05, 3.63) is 69.3 Å². The molecule has 0 aliphatic heterocycles. The van der Waals surface area contributed by atoms with Crippen LogP contribution in [0.3, 0.4) is 0 Å². The molecule has 118 valence electrons. The minimum atomic E-state index is -0.447. The lowest BCUT2D eigenvalue weighted by molar-refractivity contribution is -0.384. The summed E-state index contributed by atoms with van der Waals surface area (Å²) in [6.45, 7) is 4.01.